The lowest BCUT2D eigenvalue weighted by Crippen LogP contribution is -2.00. The quantitative estimate of drug-likeness (QED) is 0.743. The molecule has 0 aliphatic heterocycles. The molecule has 0 spiro atoms. The van der Waals surface area contributed by atoms with Gasteiger partial charge in [-0.1, -0.05) is 23.4 Å². The van der Waals surface area contributed by atoms with Crippen molar-refractivity contribution in [1.82, 2.24) is 20.6 Å². The summed E-state index contributed by atoms with van der Waals surface area (Å²) in [5.74, 6) is 1.62. The van der Waals surface area contributed by atoms with E-state index in [-0.39, 0.29) is 0 Å². The molecule has 5 nitrogen and oxygen atoms in total. The number of aromatic nitrogens is 4. The van der Waals surface area contributed by atoms with Crippen molar-refractivity contribution in [3.8, 4) is 5.75 Å². The molecule has 0 radical (unpaired) electrons. The average molecular weight is 204 g/mol. The monoisotopic (exact) mass is 204 g/mol. The molecule has 1 aromatic heterocycles. The van der Waals surface area contributed by atoms with Crippen molar-refractivity contribution in [2.45, 2.75) is 12.8 Å². The molecule has 5 heteroatoms. The average Bonchev–Trinajstić information content (AvgIpc) is 2.79. The smallest absolute Gasteiger partial charge is 0.174 e. The summed E-state index contributed by atoms with van der Waals surface area (Å²) >= 11 is 0. The summed E-state index contributed by atoms with van der Waals surface area (Å²) < 4.78 is 5.52. The standard InChI is InChI=1S/C10H12N4O/c1-2-5-9(6-3-1)15-8-4-7-10-11-13-14-12-10/h1-3,5-6H,4,7-8H2,(H,11,12,13,14). The van der Waals surface area contributed by atoms with Crippen molar-refractivity contribution in [2.24, 2.45) is 0 Å². The number of hydrogen-bond donors (Lipinski definition) is 1. The molecule has 1 heterocycles. The van der Waals surface area contributed by atoms with Gasteiger partial charge in [-0.15, -0.1) is 10.2 Å². The van der Waals surface area contributed by atoms with Crippen LogP contribution < -0.4 is 4.74 Å². The first-order chi connectivity index (χ1) is 7.45. The number of aromatic amines is 1. The lowest BCUT2D eigenvalue weighted by Gasteiger charge is -2.03. The van der Waals surface area contributed by atoms with Gasteiger partial charge in [0.25, 0.3) is 0 Å². The third-order valence-electron chi connectivity index (χ3n) is 1.95. The van der Waals surface area contributed by atoms with E-state index in [1.54, 1.807) is 0 Å². The fourth-order valence-electron chi connectivity index (χ4n) is 1.23. The topological polar surface area (TPSA) is 63.7 Å². The fraction of sp³-hybridized carbons (Fsp3) is 0.300. The van der Waals surface area contributed by atoms with Crippen LogP contribution in [-0.2, 0) is 6.42 Å². The molecule has 0 bridgehead atoms. The first kappa shape index (κ1) is 9.64. The molecule has 2 aromatic rings. The molecule has 0 aliphatic rings. The van der Waals surface area contributed by atoms with E-state index in [0.717, 1.165) is 24.4 Å². The van der Waals surface area contributed by atoms with Gasteiger partial charge in [0, 0.05) is 6.42 Å². The van der Waals surface area contributed by atoms with Crippen molar-refractivity contribution in [3.63, 3.8) is 0 Å². The molecule has 0 amide bonds. The summed E-state index contributed by atoms with van der Waals surface area (Å²) in [5, 5.41) is 13.6. The number of rotatable bonds is 5. The van der Waals surface area contributed by atoms with E-state index in [0.29, 0.717) is 6.61 Å². The van der Waals surface area contributed by atoms with Crippen LogP contribution in [0.25, 0.3) is 0 Å². The molecule has 78 valence electrons. The Kier molecular flexibility index (Phi) is 3.27. The van der Waals surface area contributed by atoms with Gasteiger partial charge in [-0.2, -0.15) is 5.21 Å². The zero-order valence-corrected chi connectivity index (χ0v) is 8.26. The van der Waals surface area contributed by atoms with Crippen LogP contribution in [0.2, 0.25) is 0 Å². The Balaban J connectivity index is 1.68. The molecule has 0 unspecified atom stereocenters. The molecule has 1 aromatic carbocycles. The van der Waals surface area contributed by atoms with E-state index < -0.39 is 0 Å². The van der Waals surface area contributed by atoms with E-state index in [4.69, 9.17) is 4.74 Å². The van der Waals surface area contributed by atoms with Crippen LogP contribution in [0.5, 0.6) is 5.75 Å². The van der Waals surface area contributed by atoms with E-state index in [9.17, 15) is 0 Å². The van der Waals surface area contributed by atoms with Crippen molar-refractivity contribution in [3.05, 3.63) is 36.2 Å². The molecule has 0 saturated heterocycles. The summed E-state index contributed by atoms with van der Waals surface area (Å²) in [7, 11) is 0. The minimum Gasteiger partial charge on any atom is -0.494 e. The Bertz CT molecular complexity index is 374. The van der Waals surface area contributed by atoms with Crippen LogP contribution in [0.1, 0.15) is 12.2 Å². The number of benzene rings is 1. The summed E-state index contributed by atoms with van der Waals surface area (Å²) in [6.07, 6.45) is 1.66. The first-order valence-electron chi connectivity index (χ1n) is 4.85. The van der Waals surface area contributed by atoms with Gasteiger partial charge < -0.3 is 4.74 Å². The maximum atomic E-state index is 5.52. The zero-order chi connectivity index (χ0) is 10.3. The van der Waals surface area contributed by atoms with Gasteiger partial charge in [-0.05, 0) is 18.6 Å². The van der Waals surface area contributed by atoms with Gasteiger partial charge in [0.05, 0.1) is 6.61 Å². The molecular formula is C10H12N4O. The predicted octanol–water partition coefficient (Wildman–Crippen LogP) is 1.21. The molecule has 1 N–H and O–H groups in total. The Labute approximate surface area is 87.5 Å². The number of tetrazole rings is 1. The highest BCUT2D eigenvalue weighted by Crippen LogP contribution is 2.08. The van der Waals surface area contributed by atoms with Crippen LogP contribution in [0, 0.1) is 0 Å². The second-order valence-corrected chi connectivity index (χ2v) is 3.09. The Morgan fingerprint density at radius 2 is 2.07 bits per heavy atom. The number of aryl methyl sites for hydroxylation is 1. The van der Waals surface area contributed by atoms with E-state index in [1.807, 2.05) is 30.3 Å². The maximum Gasteiger partial charge on any atom is 0.174 e. The number of nitrogens with zero attached hydrogens (tertiary/aromatic N) is 3. The minimum absolute atomic E-state index is 0.665. The van der Waals surface area contributed by atoms with Crippen molar-refractivity contribution >= 4 is 0 Å². The number of nitrogens with one attached hydrogen (secondary N) is 1. The Morgan fingerprint density at radius 3 is 2.80 bits per heavy atom. The largest absolute Gasteiger partial charge is 0.494 e. The third-order valence-corrected chi connectivity index (χ3v) is 1.95. The predicted molar refractivity (Wildman–Crippen MR) is 54.4 cm³/mol. The van der Waals surface area contributed by atoms with Crippen LogP contribution in [-0.4, -0.2) is 27.2 Å². The van der Waals surface area contributed by atoms with Gasteiger partial charge in [0.2, 0.25) is 0 Å². The number of para-hydroxylation sites is 1. The summed E-state index contributed by atoms with van der Waals surface area (Å²) in [6, 6.07) is 9.75. The Morgan fingerprint density at radius 1 is 1.20 bits per heavy atom. The minimum atomic E-state index is 0.665. The summed E-state index contributed by atoms with van der Waals surface area (Å²) in [5.41, 5.74) is 0. The van der Waals surface area contributed by atoms with Crippen molar-refractivity contribution < 1.29 is 4.74 Å². The van der Waals surface area contributed by atoms with E-state index in [2.05, 4.69) is 20.6 Å². The van der Waals surface area contributed by atoms with Crippen LogP contribution in [0.15, 0.2) is 30.3 Å². The highest BCUT2D eigenvalue weighted by Gasteiger charge is 1.98. The third kappa shape index (κ3) is 3.05. The number of H-pyrrole nitrogens is 1. The second-order valence-electron chi connectivity index (χ2n) is 3.09. The van der Waals surface area contributed by atoms with Crippen molar-refractivity contribution in [2.75, 3.05) is 6.61 Å². The van der Waals surface area contributed by atoms with Gasteiger partial charge in [-0.25, -0.2) is 0 Å². The summed E-state index contributed by atoms with van der Waals surface area (Å²) in [4.78, 5) is 0. The van der Waals surface area contributed by atoms with Crippen LogP contribution in [0.3, 0.4) is 0 Å². The van der Waals surface area contributed by atoms with Crippen LogP contribution in [0.4, 0.5) is 0 Å². The van der Waals surface area contributed by atoms with E-state index >= 15 is 0 Å². The maximum absolute atomic E-state index is 5.52. The van der Waals surface area contributed by atoms with Gasteiger partial charge in [-0.3, -0.25) is 0 Å². The SMILES string of the molecule is c1ccc(OCCCc2nn[nH]n2)cc1. The molecule has 0 atom stereocenters. The molecule has 0 aliphatic carbocycles. The zero-order valence-electron chi connectivity index (χ0n) is 8.26. The highest BCUT2D eigenvalue weighted by atomic mass is 16.5. The second kappa shape index (κ2) is 5.09. The molecule has 15 heavy (non-hydrogen) atoms. The molecule has 2 rings (SSSR count). The molecule has 0 fully saturated rings. The first-order valence-corrected chi connectivity index (χ1v) is 4.85. The lowest BCUT2D eigenvalue weighted by atomic mass is 10.3. The number of hydrogen-bond acceptors (Lipinski definition) is 4. The van der Waals surface area contributed by atoms with Gasteiger partial charge in [0.15, 0.2) is 5.82 Å². The summed E-state index contributed by atoms with van der Waals surface area (Å²) in [6.45, 7) is 0.665. The van der Waals surface area contributed by atoms with Gasteiger partial charge in [0.1, 0.15) is 5.75 Å². The van der Waals surface area contributed by atoms with Crippen molar-refractivity contribution in [1.29, 1.82) is 0 Å². The lowest BCUT2D eigenvalue weighted by molar-refractivity contribution is 0.310. The Hall–Kier alpha value is -1.91. The van der Waals surface area contributed by atoms with Crippen LogP contribution >= 0.6 is 0 Å². The normalized spacial score (nSPS) is 10.1. The van der Waals surface area contributed by atoms with Gasteiger partial charge >= 0.3 is 0 Å². The number of ether oxygens (including phenoxy) is 1. The molecule has 0 saturated carbocycles. The fourth-order valence-corrected chi connectivity index (χ4v) is 1.23. The highest BCUT2D eigenvalue weighted by molar-refractivity contribution is 5.20. The van der Waals surface area contributed by atoms with E-state index in [1.165, 1.54) is 0 Å². The molecular weight excluding hydrogens is 192 g/mol.